The number of hydrogen-bond donors (Lipinski definition) is 3. The molecule has 0 radical (unpaired) electrons. The lowest BCUT2D eigenvalue weighted by Gasteiger charge is -2.31. The molecule has 1 saturated carbocycles. The Hall–Kier alpha value is -4.99. The smallest absolute Gasteiger partial charge is 0.326 e. The lowest BCUT2D eigenvalue weighted by molar-refractivity contribution is -0.144. The van der Waals surface area contributed by atoms with Gasteiger partial charge in [-0.1, -0.05) is 85.6 Å². The average Bonchev–Trinajstić information content (AvgIpc) is 3.65. The number of carbonyl (C=O) groups is 5. The number of nitrogens with one attached hydrogen (secondary N) is 2. The van der Waals surface area contributed by atoms with Crippen LogP contribution >= 0.6 is 0 Å². The second-order valence-corrected chi connectivity index (χ2v) is 12.6. The molecule has 1 aliphatic carbocycles. The summed E-state index contributed by atoms with van der Waals surface area (Å²) in [5, 5.41) is 15.6. The molecule has 0 bridgehead atoms. The molecule has 3 N–H and O–H groups in total. The third-order valence-corrected chi connectivity index (χ3v) is 9.38. The minimum Gasteiger partial charge on any atom is -0.480 e. The summed E-state index contributed by atoms with van der Waals surface area (Å²) in [5.41, 5.74) is 2.28. The van der Waals surface area contributed by atoms with Crippen molar-refractivity contribution in [1.82, 2.24) is 15.5 Å². The zero-order chi connectivity index (χ0) is 33.6. The van der Waals surface area contributed by atoms with Crippen molar-refractivity contribution in [1.29, 1.82) is 0 Å². The second kappa shape index (κ2) is 14.6. The van der Waals surface area contributed by atoms with Crippen molar-refractivity contribution < 1.29 is 29.1 Å². The molecule has 1 heterocycles. The Morgan fingerprint density at radius 3 is 2.06 bits per heavy atom. The molecule has 4 amide bonds. The van der Waals surface area contributed by atoms with E-state index in [1.165, 1.54) is 13.8 Å². The Balaban J connectivity index is 1.37. The normalized spacial score (nSPS) is 19.3. The molecule has 0 spiro atoms. The average molecular weight is 639 g/mol. The first-order chi connectivity index (χ1) is 22.6. The molecular weight excluding hydrogens is 596 g/mol. The summed E-state index contributed by atoms with van der Waals surface area (Å²) in [6, 6.07) is 24.2. The topological polar surface area (TPSA) is 136 Å². The third-order valence-electron chi connectivity index (χ3n) is 9.38. The van der Waals surface area contributed by atoms with Gasteiger partial charge in [0, 0.05) is 38.9 Å². The van der Waals surface area contributed by atoms with Crippen LogP contribution in [0.25, 0.3) is 0 Å². The van der Waals surface area contributed by atoms with Gasteiger partial charge >= 0.3 is 5.97 Å². The van der Waals surface area contributed by atoms with E-state index in [0.29, 0.717) is 43.5 Å². The highest BCUT2D eigenvalue weighted by Crippen LogP contribution is 2.42. The van der Waals surface area contributed by atoms with Gasteiger partial charge in [0.05, 0.1) is 5.41 Å². The minimum atomic E-state index is -1.15. The molecule has 1 aliphatic heterocycles. The van der Waals surface area contributed by atoms with E-state index in [1.807, 2.05) is 60.7 Å². The number of carboxylic acids is 1. The number of benzene rings is 3. The molecule has 2 aliphatic rings. The maximum atomic E-state index is 14.1. The van der Waals surface area contributed by atoms with Crippen LogP contribution < -0.4 is 15.5 Å². The Bertz CT molecular complexity index is 1590. The number of nitrogens with zero attached hydrogens (tertiary/aromatic N) is 2. The Morgan fingerprint density at radius 2 is 1.49 bits per heavy atom. The molecule has 3 aromatic carbocycles. The van der Waals surface area contributed by atoms with Gasteiger partial charge in [0.2, 0.25) is 17.7 Å². The summed E-state index contributed by atoms with van der Waals surface area (Å²) in [4.78, 5) is 67.7. The van der Waals surface area contributed by atoms with Crippen molar-refractivity contribution in [3.8, 4) is 0 Å². The zero-order valence-corrected chi connectivity index (χ0v) is 26.9. The molecule has 1 saturated heterocycles. The molecule has 246 valence electrons. The first-order valence-electron chi connectivity index (χ1n) is 16.2. The largest absolute Gasteiger partial charge is 0.480 e. The monoisotopic (exact) mass is 638 g/mol. The van der Waals surface area contributed by atoms with Crippen LogP contribution in [0.2, 0.25) is 0 Å². The molecule has 3 aromatic rings. The third kappa shape index (κ3) is 7.53. The number of anilines is 1. The van der Waals surface area contributed by atoms with Gasteiger partial charge < -0.3 is 20.6 Å². The predicted octanol–water partition coefficient (Wildman–Crippen LogP) is 4.39. The quantitative estimate of drug-likeness (QED) is 0.269. The lowest BCUT2D eigenvalue weighted by Crippen LogP contribution is -2.49. The van der Waals surface area contributed by atoms with Crippen LogP contribution in [0.4, 0.5) is 5.69 Å². The van der Waals surface area contributed by atoms with Crippen LogP contribution in [0.15, 0.2) is 84.9 Å². The van der Waals surface area contributed by atoms with Crippen molar-refractivity contribution in [3.63, 3.8) is 0 Å². The number of rotatable bonds is 12. The Labute approximate surface area is 275 Å². The van der Waals surface area contributed by atoms with Gasteiger partial charge in [-0.2, -0.15) is 0 Å². The summed E-state index contributed by atoms with van der Waals surface area (Å²) >= 11 is 0. The van der Waals surface area contributed by atoms with Crippen molar-refractivity contribution in [3.05, 3.63) is 102 Å². The number of hydrogen-bond acceptors (Lipinski definition) is 5. The van der Waals surface area contributed by atoms with Gasteiger partial charge in [0.15, 0.2) is 0 Å². The SMILES string of the molecule is CC(=O)NCCC1(C(=O)NC(Cc2ccc(N3C(=O)[C@@H](Cc4ccccc4)N(C(C)=O)C3c3ccccc3)cc2)C(=O)O)CCCC1. The first-order valence-corrected chi connectivity index (χ1v) is 16.2. The van der Waals surface area contributed by atoms with Crippen LogP contribution in [0.5, 0.6) is 0 Å². The van der Waals surface area contributed by atoms with E-state index in [4.69, 9.17) is 0 Å². The highest BCUT2D eigenvalue weighted by Gasteiger charge is 2.48. The van der Waals surface area contributed by atoms with Gasteiger partial charge in [0.1, 0.15) is 18.2 Å². The molecule has 10 nitrogen and oxygen atoms in total. The highest BCUT2D eigenvalue weighted by atomic mass is 16.4. The van der Waals surface area contributed by atoms with E-state index in [2.05, 4.69) is 10.6 Å². The molecule has 3 atom stereocenters. The van der Waals surface area contributed by atoms with Crippen LogP contribution in [0.1, 0.15) is 68.8 Å². The van der Waals surface area contributed by atoms with Crippen molar-refractivity contribution in [2.24, 2.45) is 5.41 Å². The summed E-state index contributed by atoms with van der Waals surface area (Å²) in [6.07, 6.45) is 3.25. The summed E-state index contributed by atoms with van der Waals surface area (Å²) in [5.74, 6) is -2.03. The highest BCUT2D eigenvalue weighted by molar-refractivity contribution is 6.03. The molecule has 2 unspecified atom stereocenters. The fourth-order valence-electron chi connectivity index (χ4n) is 6.97. The molecule has 0 aromatic heterocycles. The second-order valence-electron chi connectivity index (χ2n) is 12.6. The Kier molecular flexibility index (Phi) is 10.4. The van der Waals surface area contributed by atoms with Crippen LogP contribution in [0.3, 0.4) is 0 Å². The van der Waals surface area contributed by atoms with Crippen molar-refractivity contribution in [2.75, 3.05) is 11.4 Å². The van der Waals surface area contributed by atoms with Gasteiger partial charge in [-0.15, -0.1) is 0 Å². The maximum Gasteiger partial charge on any atom is 0.326 e. The van der Waals surface area contributed by atoms with Crippen molar-refractivity contribution in [2.45, 2.75) is 77.0 Å². The first kappa shape index (κ1) is 33.4. The standard InChI is InChI=1S/C37H42N4O6/c1-25(42)38-22-21-37(19-9-10-20-37)36(47)39-31(35(45)46)23-28-15-17-30(18-16-28)41-33(29-13-7-4-8-14-29)40(26(2)43)32(34(41)44)24-27-11-5-3-6-12-27/h3-8,11-18,31-33H,9-10,19-24H2,1-2H3,(H,38,42)(H,39,47)(H,45,46)/t31?,32-,33?/m1/s1. The van der Waals surface area contributed by atoms with E-state index in [9.17, 15) is 29.1 Å². The van der Waals surface area contributed by atoms with Gasteiger partial charge in [0.25, 0.3) is 5.91 Å². The number of aliphatic carboxylic acids is 1. The van der Waals surface area contributed by atoms with E-state index in [1.54, 1.807) is 34.1 Å². The summed E-state index contributed by atoms with van der Waals surface area (Å²) in [7, 11) is 0. The molecule has 2 fully saturated rings. The number of carbonyl (C=O) groups excluding carboxylic acids is 4. The van der Waals surface area contributed by atoms with Crippen LogP contribution in [-0.2, 0) is 36.8 Å². The fourth-order valence-corrected chi connectivity index (χ4v) is 6.97. The van der Waals surface area contributed by atoms with Gasteiger partial charge in [-0.25, -0.2) is 4.79 Å². The molecule has 5 rings (SSSR count). The zero-order valence-electron chi connectivity index (χ0n) is 26.9. The van der Waals surface area contributed by atoms with Crippen LogP contribution in [-0.4, -0.2) is 58.2 Å². The van der Waals surface area contributed by atoms with E-state index < -0.39 is 29.6 Å². The lowest BCUT2D eigenvalue weighted by atomic mass is 9.81. The maximum absolute atomic E-state index is 14.1. The van der Waals surface area contributed by atoms with Crippen molar-refractivity contribution >= 4 is 35.3 Å². The van der Waals surface area contributed by atoms with E-state index >= 15 is 0 Å². The number of carboxylic acid groups (broad SMARTS) is 1. The predicted molar refractivity (Wildman–Crippen MR) is 177 cm³/mol. The van der Waals surface area contributed by atoms with E-state index in [-0.39, 0.29) is 30.0 Å². The number of amides is 4. The van der Waals surface area contributed by atoms with E-state index in [0.717, 1.165) is 24.0 Å². The van der Waals surface area contributed by atoms with Gasteiger partial charge in [-0.3, -0.25) is 24.1 Å². The van der Waals surface area contributed by atoms with Gasteiger partial charge in [-0.05, 0) is 48.1 Å². The van der Waals surface area contributed by atoms with Crippen LogP contribution in [0, 0.1) is 5.41 Å². The molecule has 47 heavy (non-hydrogen) atoms. The molecule has 10 heteroatoms. The summed E-state index contributed by atoms with van der Waals surface area (Å²) in [6.45, 7) is 3.26. The Morgan fingerprint density at radius 1 is 0.872 bits per heavy atom. The minimum absolute atomic E-state index is 0.0510. The summed E-state index contributed by atoms with van der Waals surface area (Å²) < 4.78 is 0. The fraction of sp³-hybridized carbons (Fsp3) is 0.378. The molecular formula is C37H42N4O6.